The van der Waals surface area contributed by atoms with Crippen LogP contribution in [0.25, 0.3) is 43.2 Å². The molecule has 2 N–H and O–H groups in total. The van der Waals surface area contributed by atoms with Crippen LogP contribution >= 0.6 is 22.7 Å². The highest BCUT2D eigenvalue weighted by molar-refractivity contribution is 7.22. The summed E-state index contributed by atoms with van der Waals surface area (Å²) in [6.45, 7) is 8.25. The number of thiazole rings is 2. The lowest BCUT2D eigenvalue weighted by Crippen LogP contribution is -2.62. The summed E-state index contributed by atoms with van der Waals surface area (Å²) < 4.78 is 5.85. The molecule has 0 aromatic carbocycles. The monoisotopic (exact) mass is 918 g/mol. The summed E-state index contributed by atoms with van der Waals surface area (Å²) >= 11 is 2.94. The number of aldehydes is 1. The molecule has 66 heavy (non-hydrogen) atoms. The molecule has 0 spiro atoms. The lowest BCUT2D eigenvalue weighted by Gasteiger charge is -2.44. The van der Waals surface area contributed by atoms with Crippen molar-refractivity contribution in [1.82, 2.24) is 49.7 Å². The number of fused-ring (bicyclic) bond motifs is 2. The molecule has 334 valence electrons. The molecule has 2 saturated heterocycles. The molecule has 3 unspecified atom stereocenters. The van der Waals surface area contributed by atoms with Gasteiger partial charge in [0.15, 0.2) is 16.5 Å². The highest BCUT2D eigenvalue weighted by atomic mass is 32.1. The summed E-state index contributed by atoms with van der Waals surface area (Å²) in [5.74, 6) is 1.08. The lowest BCUT2D eigenvalue weighted by atomic mass is 10.0. The minimum absolute atomic E-state index is 0.0934. The van der Waals surface area contributed by atoms with Crippen LogP contribution in [0.3, 0.4) is 0 Å². The van der Waals surface area contributed by atoms with Crippen LogP contribution in [0.1, 0.15) is 12.6 Å². The molecule has 2 fully saturated rings. The number of Topliss-reactive ketones (excluding diaryl/α,β-unsaturated/α-hetero) is 1. The third-order valence-corrected chi connectivity index (χ3v) is 13.7. The lowest BCUT2D eigenvalue weighted by molar-refractivity contribution is -0.149. The largest absolute Gasteiger partial charge is 0.369 e. The summed E-state index contributed by atoms with van der Waals surface area (Å²) in [5, 5.41) is 8.13. The number of anilines is 6. The maximum absolute atomic E-state index is 14.2. The van der Waals surface area contributed by atoms with Gasteiger partial charge in [0, 0.05) is 130 Å². The molecule has 0 bridgehead atoms. The molecule has 2 aliphatic heterocycles. The van der Waals surface area contributed by atoms with Crippen LogP contribution in [0.4, 0.5) is 33.3 Å². The van der Waals surface area contributed by atoms with Crippen molar-refractivity contribution in [1.29, 1.82) is 0 Å². The van der Waals surface area contributed by atoms with Gasteiger partial charge >= 0.3 is 0 Å². The molecule has 0 saturated carbocycles. The second-order valence-corrected chi connectivity index (χ2v) is 18.1. The highest BCUT2D eigenvalue weighted by Gasteiger charge is 2.39. The van der Waals surface area contributed by atoms with Crippen LogP contribution < -0.4 is 20.4 Å². The molecule has 3 atom stereocenters. The van der Waals surface area contributed by atoms with E-state index >= 15 is 0 Å². The molecule has 0 amide bonds. The summed E-state index contributed by atoms with van der Waals surface area (Å²) in [4.78, 5) is 73.8. The van der Waals surface area contributed by atoms with Crippen LogP contribution in [0.15, 0.2) is 104 Å². The van der Waals surface area contributed by atoms with Crippen LogP contribution in [0, 0.1) is 6.92 Å². The molecule has 10 rings (SSSR count). The molecule has 2 aliphatic rings. The molecule has 8 aromatic heterocycles. The van der Waals surface area contributed by atoms with Crippen LogP contribution in [-0.4, -0.2) is 133 Å². The quantitative estimate of drug-likeness (QED) is 0.0852. The Hall–Kier alpha value is -6.90. The van der Waals surface area contributed by atoms with Crippen molar-refractivity contribution in [2.45, 2.75) is 32.2 Å². The minimum Gasteiger partial charge on any atom is -0.369 e. The van der Waals surface area contributed by atoms with E-state index in [-0.39, 0.29) is 11.8 Å². The standard InChI is InChI=1S/C47H46N14O3S2/c1-29-24-32(10-15-49-29)36-5-7-38-44(53-36)66-46(55-38)56-40-25-33(11-16-50-40)58-18-20-59(21-19-58)45(64-3)42(63)39(28-62)61-23-22-60(27-30(61)2)34-12-17-51-41(26-34)57-47-54-37-6-4-35(52-43(37)65-47)31-8-13-48-14-9-31/h4-17,24-26,28,30,39,45H,18-23,27H2,1-3H3,(H,50,55,56)(H,51,54,57). The van der Waals surface area contributed by atoms with Crippen molar-refractivity contribution < 1.29 is 14.3 Å². The van der Waals surface area contributed by atoms with E-state index in [2.05, 4.69) is 47.3 Å². The van der Waals surface area contributed by atoms with Crippen molar-refractivity contribution in [3.05, 3.63) is 109 Å². The van der Waals surface area contributed by atoms with Gasteiger partial charge in [-0.25, -0.2) is 29.9 Å². The number of hydrogen-bond donors (Lipinski definition) is 2. The smallest absolute Gasteiger partial charge is 0.200 e. The van der Waals surface area contributed by atoms with E-state index in [0.717, 1.165) is 66.6 Å². The average Bonchev–Trinajstić information content (AvgIpc) is 3.95. The van der Waals surface area contributed by atoms with Gasteiger partial charge in [-0.05, 0) is 74.5 Å². The zero-order valence-corrected chi connectivity index (χ0v) is 38.1. The molecule has 10 heterocycles. The SMILES string of the molecule is COC(C(=O)C(C=O)N1CCN(c2ccnc(Nc3nc4ccc(-c5ccncc5)nc4s3)c2)CC1C)N1CCN(c2ccnc(Nc3nc4ccc(-c5ccnc(C)c5)nc4s3)c2)CC1. The zero-order valence-electron chi connectivity index (χ0n) is 36.5. The van der Waals surface area contributed by atoms with E-state index in [4.69, 9.17) is 24.7 Å². The highest BCUT2D eigenvalue weighted by Crippen LogP contribution is 2.33. The van der Waals surface area contributed by atoms with Crippen LogP contribution in [0.2, 0.25) is 0 Å². The fourth-order valence-corrected chi connectivity index (χ4v) is 10.3. The van der Waals surface area contributed by atoms with Gasteiger partial charge in [0.1, 0.15) is 44.7 Å². The third-order valence-electron chi connectivity index (χ3n) is 11.9. The first kappa shape index (κ1) is 43.0. The summed E-state index contributed by atoms with van der Waals surface area (Å²) in [6.07, 6.45) is 8.77. The number of rotatable bonds is 14. The van der Waals surface area contributed by atoms with E-state index in [1.54, 1.807) is 31.0 Å². The first-order valence-electron chi connectivity index (χ1n) is 21.6. The minimum atomic E-state index is -0.940. The second-order valence-electron chi connectivity index (χ2n) is 16.2. The average molecular weight is 919 g/mol. The van der Waals surface area contributed by atoms with Gasteiger partial charge in [-0.15, -0.1) is 0 Å². The Morgan fingerprint density at radius 2 is 1.27 bits per heavy atom. The number of carbonyl (C=O) groups is 2. The summed E-state index contributed by atoms with van der Waals surface area (Å²) in [5.41, 5.74) is 8.28. The number of piperazine rings is 2. The number of ether oxygens (including phenoxy) is 1. The number of nitrogens with zero attached hydrogens (tertiary/aromatic N) is 12. The Morgan fingerprint density at radius 1 is 0.697 bits per heavy atom. The van der Waals surface area contributed by atoms with Crippen molar-refractivity contribution in [3.8, 4) is 22.5 Å². The Balaban J connectivity index is 0.738. The number of carbonyl (C=O) groups excluding carboxylic acids is 2. The number of nitrogens with one attached hydrogen (secondary N) is 2. The van der Waals surface area contributed by atoms with Gasteiger partial charge in [-0.1, -0.05) is 22.7 Å². The number of hydrogen-bond acceptors (Lipinski definition) is 19. The predicted octanol–water partition coefficient (Wildman–Crippen LogP) is 6.85. The van der Waals surface area contributed by atoms with E-state index in [1.165, 1.54) is 29.8 Å². The fraction of sp³-hybridized carbons (Fsp3) is 0.277. The van der Waals surface area contributed by atoms with Crippen LogP contribution in [0.5, 0.6) is 0 Å². The van der Waals surface area contributed by atoms with E-state index in [0.29, 0.717) is 67.7 Å². The maximum atomic E-state index is 14.2. The van der Waals surface area contributed by atoms with E-state index < -0.39 is 12.3 Å². The molecule has 0 aliphatic carbocycles. The fourth-order valence-electron chi connectivity index (χ4n) is 8.61. The van der Waals surface area contributed by atoms with Gasteiger partial charge in [0.05, 0.1) is 11.4 Å². The Labute approximate surface area is 388 Å². The number of aromatic nitrogens is 8. The number of aryl methyl sites for hydroxylation is 1. The summed E-state index contributed by atoms with van der Waals surface area (Å²) in [6, 6.07) is 22.7. The van der Waals surface area contributed by atoms with Crippen molar-refractivity contribution >= 4 is 88.7 Å². The van der Waals surface area contributed by atoms with Gasteiger partial charge in [0.25, 0.3) is 0 Å². The molecule has 19 heteroatoms. The molecule has 17 nitrogen and oxygen atoms in total. The number of methoxy groups -OCH3 is 1. The van der Waals surface area contributed by atoms with Crippen molar-refractivity contribution in [3.63, 3.8) is 0 Å². The molecule has 8 aromatic rings. The van der Waals surface area contributed by atoms with Crippen molar-refractivity contribution in [2.75, 3.05) is 73.4 Å². The topological polar surface area (TPSA) is 184 Å². The number of pyridine rings is 6. The van der Waals surface area contributed by atoms with Crippen LogP contribution in [-0.2, 0) is 14.3 Å². The number of ketones is 1. The summed E-state index contributed by atoms with van der Waals surface area (Å²) in [7, 11) is 1.54. The van der Waals surface area contributed by atoms with E-state index in [9.17, 15) is 9.59 Å². The predicted molar refractivity (Wildman–Crippen MR) is 259 cm³/mol. The van der Waals surface area contributed by atoms with Gasteiger partial charge in [0.2, 0.25) is 5.78 Å². The van der Waals surface area contributed by atoms with E-state index in [1.807, 2.05) is 89.5 Å². The molecule has 0 radical (unpaired) electrons. The maximum Gasteiger partial charge on any atom is 0.200 e. The first-order valence-corrected chi connectivity index (χ1v) is 23.3. The Kier molecular flexibility index (Phi) is 12.3. The third kappa shape index (κ3) is 9.16. The van der Waals surface area contributed by atoms with Gasteiger partial charge < -0.3 is 30.0 Å². The first-order chi connectivity index (χ1) is 32.3. The second kappa shape index (κ2) is 18.9. The van der Waals surface area contributed by atoms with Gasteiger partial charge in [-0.2, -0.15) is 0 Å². The molecular formula is C47H46N14O3S2. The van der Waals surface area contributed by atoms with Crippen molar-refractivity contribution in [2.24, 2.45) is 0 Å². The normalized spacial score (nSPS) is 16.9. The molecular weight excluding hydrogens is 873 g/mol. The van der Waals surface area contributed by atoms with Gasteiger partial charge in [-0.3, -0.25) is 24.6 Å². The zero-order chi connectivity index (χ0) is 45.1. The Morgan fingerprint density at radius 3 is 1.86 bits per heavy atom. The Bertz CT molecular complexity index is 3020.